The Kier molecular flexibility index (Phi) is 6.04. The molecule has 2 rings (SSSR count). The predicted octanol–water partition coefficient (Wildman–Crippen LogP) is 0.315. The molecular weight excluding hydrogens is 357 g/mol. The number of halogens is 3. The van der Waals surface area contributed by atoms with Crippen LogP contribution >= 0.6 is 0 Å². The molecule has 11 heteroatoms. The molecule has 1 amide bonds. The fourth-order valence-electron chi connectivity index (χ4n) is 2.68. The Morgan fingerprint density at radius 2 is 2.27 bits per heavy atom. The maximum Gasteiger partial charge on any atom is 0.434 e. The van der Waals surface area contributed by atoms with Gasteiger partial charge in [-0.05, 0) is 14.0 Å². The molecule has 0 bridgehead atoms. The van der Waals surface area contributed by atoms with Gasteiger partial charge >= 0.3 is 12.2 Å². The zero-order valence-corrected chi connectivity index (χ0v) is 14.6. The van der Waals surface area contributed by atoms with Crippen molar-refractivity contribution < 1.29 is 32.5 Å². The summed E-state index contributed by atoms with van der Waals surface area (Å²) < 4.78 is 49.6. The van der Waals surface area contributed by atoms with Crippen molar-refractivity contribution in [1.29, 1.82) is 0 Å². The van der Waals surface area contributed by atoms with E-state index >= 15 is 0 Å². The normalized spacial score (nSPS) is 24.3. The lowest BCUT2D eigenvalue weighted by Gasteiger charge is -2.47. The summed E-state index contributed by atoms with van der Waals surface area (Å²) in [6, 6.07) is -0.516. The van der Waals surface area contributed by atoms with Crippen molar-refractivity contribution in [3.63, 3.8) is 0 Å². The molecule has 1 aliphatic rings. The zero-order chi connectivity index (χ0) is 19.5. The molecule has 2 heterocycles. The molecular formula is C15H21F3N4O4. The molecule has 0 spiro atoms. The molecule has 26 heavy (non-hydrogen) atoms. The van der Waals surface area contributed by atoms with Gasteiger partial charge in [-0.2, -0.15) is 18.2 Å². The second-order valence-corrected chi connectivity index (χ2v) is 6.16. The highest BCUT2D eigenvalue weighted by Crippen LogP contribution is 2.31. The van der Waals surface area contributed by atoms with Crippen LogP contribution < -0.4 is 10.1 Å². The number of methoxy groups -OCH3 is 1. The molecule has 0 aliphatic carbocycles. The van der Waals surface area contributed by atoms with Crippen LogP contribution in [0.2, 0.25) is 0 Å². The number of rotatable bonds is 5. The van der Waals surface area contributed by atoms with Crippen LogP contribution in [-0.2, 0) is 10.9 Å². The molecule has 1 aromatic rings. The topological polar surface area (TPSA) is 96.8 Å². The Hall–Kier alpha value is -1.98. The van der Waals surface area contributed by atoms with E-state index in [2.05, 4.69) is 20.0 Å². The van der Waals surface area contributed by atoms with Gasteiger partial charge in [-0.25, -0.2) is 4.98 Å². The number of likely N-dealkylation sites (N-methyl/N-ethyl adjacent to an activating group) is 1. The van der Waals surface area contributed by atoms with E-state index < -0.39 is 34.9 Å². The van der Waals surface area contributed by atoms with Crippen LogP contribution in [0.15, 0.2) is 6.20 Å². The summed E-state index contributed by atoms with van der Waals surface area (Å²) >= 11 is 0. The van der Waals surface area contributed by atoms with Gasteiger partial charge in [-0.1, -0.05) is 0 Å². The first-order valence-corrected chi connectivity index (χ1v) is 7.82. The Morgan fingerprint density at radius 1 is 1.58 bits per heavy atom. The molecule has 0 radical (unpaired) electrons. The number of aromatic nitrogens is 2. The van der Waals surface area contributed by atoms with Crippen LogP contribution in [0.3, 0.4) is 0 Å². The van der Waals surface area contributed by atoms with Crippen molar-refractivity contribution in [2.24, 2.45) is 0 Å². The second kappa shape index (κ2) is 7.72. The first kappa shape index (κ1) is 20.3. The van der Waals surface area contributed by atoms with Gasteiger partial charge in [-0.15, -0.1) is 0 Å². The minimum absolute atomic E-state index is 0.0251. The van der Waals surface area contributed by atoms with Crippen LogP contribution in [0.25, 0.3) is 0 Å². The number of carbonyl (C=O) groups is 1. The minimum atomic E-state index is -4.85. The van der Waals surface area contributed by atoms with E-state index in [9.17, 15) is 23.1 Å². The van der Waals surface area contributed by atoms with E-state index in [4.69, 9.17) is 4.74 Å². The largest absolute Gasteiger partial charge is 0.467 e. The van der Waals surface area contributed by atoms with Gasteiger partial charge in [0.1, 0.15) is 0 Å². The first-order chi connectivity index (χ1) is 12.1. The number of aliphatic hydroxyl groups is 1. The Bertz CT molecular complexity index is 658. The van der Waals surface area contributed by atoms with Gasteiger partial charge in [0.05, 0.1) is 38.0 Å². The fraction of sp³-hybridized carbons (Fsp3) is 0.667. The van der Waals surface area contributed by atoms with E-state index in [0.29, 0.717) is 6.61 Å². The number of carbonyl (C=O) groups excluding carboxylic acids is 1. The molecule has 146 valence electrons. The maximum atomic E-state index is 13.2. The number of morpholine rings is 1. The summed E-state index contributed by atoms with van der Waals surface area (Å²) in [6.45, 7) is 2.03. The number of nitrogens with zero attached hydrogens (tertiary/aromatic N) is 3. The lowest BCUT2D eigenvalue weighted by Crippen LogP contribution is -2.65. The van der Waals surface area contributed by atoms with Crippen molar-refractivity contribution in [2.75, 3.05) is 40.5 Å². The van der Waals surface area contributed by atoms with Crippen LogP contribution in [0.1, 0.15) is 23.0 Å². The molecule has 0 aromatic carbocycles. The summed E-state index contributed by atoms with van der Waals surface area (Å²) in [6.07, 6.45) is -4.09. The Balaban J connectivity index is 2.22. The molecule has 2 atom stereocenters. The second-order valence-electron chi connectivity index (χ2n) is 6.16. The monoisotopic (exact) mass is 378 g/mol. The lowest BCUT2D eigenvalue weighted by atomic mass is 9.96. The van der Waals surface area contributed by atoms with E-state index in [0.717, 1.165) is 13.3 Å². The quantitative estimate of drug-likeness (QED) is 0.761. The van der Waals surface area contributed by atoms with E-state index in [1.807, 2.05) is 11.8 Å². The molecule has 1 fully saturated rings. The van der Waals surface area contributed by atoms with Gasteiger partial charge in [0.25, 0.3) is 5.91 Å². The summed E-state index contributed by atoms with van der Waals surface area (Å²) in [4.78, 5) is 21.0. The van der Waals surface area contributed by atoms with Crippen molar-refractivity contribution in [2.45, 2.75) is 24.7 Å². The summed E-state index contributed by atoms with van der Waals surface area (Å²) in [5, 5.41) is 12.2. The number of nitrogens with one attached hydrogen (secondary N) is 1. The Labute approximate surface area is 148 Å². The molecule has 2 N–H and O–H groups in total. The van der Waals surface area contributed by atoms with Crippen molar-refractivity contribution in [3.8, 4) is 6.01 Å². The average molecular weight is 378 g/mol. The molecule has 0 unspecified atom stereocenters. The smallest absolute Gasteiger partial charge is 0.434 e. The summed E-state index contributed by atoms with van der Waals surface area (Å²) in [5.41, 5.74) is -3.04. The van der Waals surface area contributed by atoms with E-state index in [1.54, 1.807) is 7.05 Å². The molecule has 1 aliphatic heterocycles. The SMILES string of the molecule is COc1ncc(C(=O)NC[C@]2(CO)COC[C@@H](C)N2C)c(C(F)(F)F)n1. The highest BCUT2D eigenvalue weighted by molar-refractivity contribution is 5.95. The van der Waals surface area contributed by atoms with Gasteiger partial charge in [0.15, 0.2) is 5.69 Å². The van der Waals surface area contributed by atoms with Crippen LogP contribution in [0, 0.1) is 0 Å². The third-order valence-electron chi connectivity index (χ3n) is 4.47. The highest BCUT2D eigenvalue weighted by atomic mass is 19.4. The predicted molar refractivity (Wildman–Crippen MR) is 83.8 cm³/mol. The minimum Gasteiger partial charge on any atom is -0.467 e. The zero-order valence-electron chi connectivity index (χ0n) is 14.6. The molecule has 8 nitrogen and oxygen atoms in total. The van der Waals surface area contributed by atoms with Crippen molar-refractivity contribution in [1.82, 2.24) is 20.2 Å². The Morgan fingerprint density at radius 3 is 2.85 bits per heavy atom. The number of hydrogen-bond acceptors (Lipinski definition) is 7. The number of hydrogen-bond donors (Lipinski definition) is 2. The third-order valence-corrected chi connectivity index (χ3v) is 4.47. The number of aliphatic hydroxyl groups excluding tert-OH is 1. The number of alkyl halides is 3. The number of amides is 1. The van der Waals surface area contributed by atoms with Gasteiger partial charge in [0.2, 0.25) is 0 Å². The first-order valence-electron chi connectivity index (χ1n) is 7.82. The lowest BCUT2D eigenvalue weighted by molar-refractivity contribution is -0.141. The fourth-order valence-corrected chi connectivity index (χ4v) is 2.68. The van der Waals surface area contributed by atoms with Crippen LogP contribution in [-0.4, -0.2) is 78.0 Å². The van der Waals surface area contributed by atoms with Crippen LogP contribution in [0.4, 0.5) is 13.2 Å². The van der Waals surface area contributed by atoms with Crippen molar-refractivity contribution >= 4 is 5.91 Å². The molecule has 1 saturated heterocycles. The molecule has 0 saturated carbocycles. The van der Waals surface area contributed by atoms with E-state index in [-0.39, 0.29) is 25.8 Å². The van der Waals surface area contributed by atoms with Gasteiger partial charge < -0.3 is 19.9 Å². The summed E-state index contributed by atoms with van der Waals surface area (Å²) in [7, 11) is 2.88. The summed E-state index contributed by atoms with van der Waals surface area (Å²) in [5.74, 6) is -1.00. The standard InChI is InChI=1S/C15H21F3N4O4/c1-9-5-26-8-14(7-23,22(9)2)6-20-12(24)10-4-19-13(25-3)21-11(10)15(16,17)18/h4,9,23H,5-8H2,1-3H3,(H,20,24)/t9-,14+/m1/s1. The van der Waals surface area contributed by atoms with Crippen LogP contribution in [0.5, 0.6) is 6.01 Å². The van der Waals surface area contributed by atoms with Gasteiger partial charge in [-0.3, -0.25) is 9.69 Å². The van der Waals surface area contributed by atoms with Crippen molar-refractivity contribution in [3.05, 3.63) is 17.5 Å². The highest BCUT2D eigenvalue weighted by Gasteiger charge is 2.42. The average Bonchev–Trinajstić information content (AvgIpc) is 2.61. The molecule has 1 aromatic heterocycles. The number of ether oxygens (including phenoxy) is 2. The van der Waals surface area contributed by atoms with E-state index in [1.165, 1.54) is 0 Å². The maximum absolute atomic E-state index is 13.2. The third kappa shape index (κ3) is 4.05. The van der Waals surface area contributed by atoms with Gasteiger partial charge in [0, 0.05) is 18.8 Å².